The van der Waals surface area contributed by atoms with Gasteiger partial charge in [0.25, 0.3) is 11.8 Å². The van der Waals surface area contributed by atoms with E-state index >= 15 is 0 Å². The van der Waals surface area contributed by atoms with Crippen LogP contribution in [0.4, 0.5) is 0 Å². The summed E-state index contributed by atoms with van der Waals surface area (Å²) in [6.07, 6.45) is 0. The smallest absolute Gasteiger partial charge is 0.262 e. The molecule has 1 aliphatic rings. The van der Waals surface area contributed by atoms with E-state index in [0.717, 1.165) is 33.3 Å². The summed E-state index contributed by atoms with van der Waals surface area (Å²) in [6.45, 7) is 7.93. The number of pyridine rings is 1. The van der Waals surface area contributed by atoms with Gasteiger partial charge in [0.05, 0.1) is 28.4 Å². The number of amides is 2. The highest BCUT2D eigenvalue weighted by Gasteiger charge is 2.39. The zero-order valence-corrected chi connectivity index (χ0v) is 18.8. The second kappa shape index (κ2) is 8.75. The highest BCUT2D eigenvalue weighted by atomic mass is 16.2. The molecule has 32 heavy (non-hydrogen) atoms. The summed E-state index contributed by atoms with van der Waals surface area (Å²) in [5.41, 5.74) is 5.54. The van der Waals surface area contributed by atoms with Crippen molar-refractivity contribution < 1.29 is 9.59 Å². The van der Waals surface area contributed by atoms with Gasteiger partial charge in [0.1, 0.15) is 0 Å². The van der Waals surface area contributed by atoms with Gasteiger partial charge in [0.15, 0.2) is 0 Å². The van der Waals surface area contributed by atoms with Gasteiger partial charge in [-0.2, -0.15) is 0 Å². The van der Waals surface area contributed by atoms with Crippen LogP contribution in [0.25, 0.3) is 22.2 Å². The minimum absolute atomic E-state index is 0.258. The monoisotopic (exact) mass is 422 g/mol. The Morgan fingerprint density at radius 2 is 1.38 bits per heavy atom. The average Bonchev–Trinajstić information content (AvgIpc) is 3.10. The molecule has 1 aliphatic heterocycles. The Hall–Kier alpha value is -3.79. The Morgan fingerprint density at radius 1 is 0.781 bits per heavy atom. The van der Waals surface area contributed by atoms with E-state index in [-0.39, 0.29) is 11.8 Å². The maximum Gasteiger partial charge on any atom is 0.262 e. The van der Waals surface area contributed by atoms with E-state index in [9.17, 15) is 9.59 Å². The number of hydrogen-bond acceptors (Lipinski definition) is 3. The van der Waals surface area contributed by atoms with Crippen LogP contribution in [0.15, 0.2) is 78.9 Å². The van der Waals surface area contributed by atoms with Gasteiger partial charge in [0, 0.05) is 16.5 Å². The summed E-state index contributed by atoms with van der Waals surface area (Å²) in [7, 11) is 0. The Labute approximate surface area is 188 Å². The highest BCUT2D eigenvalue weighted by molar-refractivity contribution is 6.21. The summed E-state index contributed by atoms with van der Waals surface area (Å²) in [4.78, 5) is 32.5. The minimum atomic E-state index is -0.454. The normalized spacial score (nSPS) is 13.6. The third-order valence-electron chi connectivity index (χ3n) is 5.79. The standard InChI is InChI=1S/C26H20N2O2.C2H6/c1-16-9-8-12-19-15-22(24(27-23(16)19)18-10-4-3-5-11-18)17(2)28-25(29)20-13-6-7-14-21(20)26(28)30;1-2/h3-15,17H,1-2H3;1-2H3. The number of imide groups is 1. The molecule has 5 rings (SSSR count). The van der Waals surface area contributed by atoms with E-state index in [1.54, 1.807) is 24.3 Å². The zero-order valence-electron chi connectivity index (χ0n) is 18.8. The van der Waals surface area contributed by atoms with Crippen molar-refractivity contribution in [2.45, 2.75) is 33.7 Å². The first kappa shape index (κ1) is 21.4. The number of hydrogen-bond donors (Lipinski definition) is 0. The van der Waals surface area contributed by atoms with Crippen molar-refractivity contribution in [3.8, 4) is 11.3 Å². The summed E-state index contributed by atoms with van der Waals surface area (Å²) in [5.74, 6) is -0.516. The van der Waals surface area contributed by atoms with Crippen LogP contribution in [0.1, 0.15) is 58.7 Å². The van der Waals surface area contributed by atoms with Crippen LogP contribution in [0, 0.1) is 6.92 Å². The van der Waals surface area contributed by atoms with Crippen molar-refractivity contribution in [1.29, 1.82) is 0 Å². The van der Waals surface area contributed by atoms with Crippen molar-refractivity contribution in [2.75, 3.05) is 0 Å². The van der Waals surface area contributed by atoms with Crippen molar-refractivity contribution in [3.05, 3.63) is 101 Å². The van der Waals surface area contributed by atoms with Crippen LogP contribution in [0.2, 0.25) is 0 Å². The second-order valence-corrected chi connectivity index (χ2v) is 7.64. The topological polar surface area (TPSA) is 50.3 Å². The summed E-state index contributed by atoms with van der Waals surface area (Å²) >= 11 is 0. The van der Waals surface area contributed by atoms with E-state index in [0.29, 0.717) is 11.1 Å². The highest BCUT2D eigenvalue weighted by Crippen LogP contribution is 2.37. The van der Waals surface area contributed by atoms with Crippen LogP contribution in [0.5, 0.6) is 0 Å². The van der Waals surface area contributed by atoms with Crippen molar-refractivity contribution in [1.82, 2.24) is 9.88 Å². The fourth-order valence-corrected chi connectivity index (χ4v) is 4.21. The third-order valence-corrected chi connectivity index (χ3v) is 5.79. The second-order valence-electron chi connectivity index (χ2n) is 7.64. The van der Waals surface area contributed by atoms with E-state index in [1.807, 2.05) is 76.2 Å². The van der Waals surface area contributed by atoms with Gasteiger partial charge in [-0.15, -0.1) is 0 Å². The summed E-state index contributed by atoms with van der Waals surface area (Å²) in [5, 5.41) is 0.994. The molecule has 0 saturated heterocycles. The summed E-state index contributed by atoms with van der Waals surface area (Å²) in [6, 6.07) is 24.6. The number of carbonyl (C=O) groups excluding carboxylic acids is 2. The summed E-state index contributed by atoms with van der Waals surface area (Å²) < 4.78 is 0. The molecule has 4 nitrogen and oxygen atoms in total. The van der Waals surface area contributed by atoms with Gasteiger partial charge >= 0.3 is 0 Å². The SMILES string of the molecule is CC.Cc1cccc2cc(C(C)N3C(=O)c4ccccc4C3=O)c(-c3ccccc3)nc12. The number of para-hydroxylation sites is 1. The number of rotatable bonds is 3. The minimum Gasteiger partial charge on any atom is -0.269 e. The maximum atomic E-state index is 13.1. The predicted molar refractivity (Wildman–Crippen MR) is 129 cm³/mol. The first-order valence-electron chi connectivity index (χ1n) is 11.0. The molecule has 0 bridgehead atoms. The van der Waals surface area contributed by atoms with Crippen molar-refractivity contribution >= 4 is 22.7 Å². The maximum absolute atomic E-state index is 13.1. The van der Waals surface area contributed by atoms with E-state index < -0.39 is 6.04 Å². The largest absolute Gasteiger partial charge is 0.269 e. The van der Waals surface area contributed by atoms with E-state index in [4.69, 9.17) is 4.98 Å². The van der Waals surface area contributed by atoms with Gasteiger partial charge in [-0.1, -0.05) is 74.5 Å². The molecule has 2 heterocycles. The first-order chi connectivity index (χ1) is 15.6. The van der Waals surface area contributed by atoms with Crippen molar-refractivity contribution in [2.24, 2.45) is 0 Å². The molecule has 1 aromatic heterocycles. The Balaban J connectivity index is 0.00000119. The van der Waals surface area contributed by atoms with Gasteiger partial charge in [-0.3, -0.25) is 14.5 Å². The molecule has 0 radical (unpaired) electrons. The molecule has 0 fully saturated rings. The molecule has 0 aliphatic carbocycles. The molecule has 3 aromatic carbocycles. The fraction of sp³-hybridized carbons (Fsp3) is 0.179. The zero-order chi connectivity index (χ0) is 22.8. The molecule has 4 heteroatoms. The Bertz CT molecular complexity index is 1280. The lowest BCUT2D eigenvalue weighted by Gasteiger charge is -2.25. The molecule has 0 N–H and O–H groups in total. The lowest BCUT2D eigenvalue weighted by molar-refractivity contribution is 0.0595. The predicted octanol–water partition coefficient (Wildman–Crippen LogP) is 6.59. The molecule has 2 amide bonds. The molecule has 1 unspecified atom stereocenters. The molecule has 4 aromatic rings. The Kier molecular flexibility index (Phi) is 5.87. The van der Waals surface area contributed by atoms with Crippen LogP contribution in [0.3, 0.4) is 0 Å². The van der Waals surface area contributed by atoms with Crippen LogP contribution in [-0.2, 0) is 0 Å². The molecule has 0 spiro atoms. The number of carbonyl (C=O) groups is 2. The quantitative estimate of drug-likeness (QED) is 0.350. The third kappa shape index (κ3) is 3.48. The number of aromatic nitrogens is 1. The van der Waals surface area contributed by atoms with Crippen LogP contribution in [-0.4, -0.2) is 21.7 Å². The number of aryl methyl sites for hydroxylation is 1. The number of nitrogens with zero attached hydrogens (tertiary/aromatic N) is 2. The van der Waals surface area contributed by atoms with Gasteiger partial charge in [-0.25, -0.2) is 4.98 Å². The van der Waals surface area contributed by atoms with E-state index in [2.05, 4.69) is 6.07 Å². The fourth-order valence-electron chi connectivity index (χ4n) is 4.21. The lowest BCUT2D eigenvalue weighted by Crippen LogP contribution is -2.33. The molecule has 1 atom stereocenters. The number of fused-ring (bicyclic) bond motifs is 2. The molecule has 160 valence electrons. The first-order valence-corrected chi connectivity index (χ1v) is 11.0. The lowest BCUT2D eigenvalue weighted by atomic mass is 9.97. The molecular weight excluding hydrogens is 396 g/mol. The number of benzene rings is 3. The molecular formula is C28H26N2O2. The van der Waals surface area contributed by atoms with E-state index in [1.165, 1.54) is 4.90 Å². The van der Waals surface area contributed by atoms with Crippen molar-refractivity contribution in [3.63, 3.8) is 0 Å². The van der Waals surface area contributed by atoms with Crippen LogP contribution < -0.4 is 0 Å². The average molecular weight is 423 g/mol. The Morgan fingerprint density at radius 3 is 2.00 bits per heavy atom. The molecule has 0 saturated carbocycles. The van der Waals surface area contributed by atoms with Gasteiger partial charge < -0.3 is 0 Å². The van der Waals surface area contributed by atoms with Gasteiger partial charge in [-0.05, 0) is 37.6 Å². The van der Waals surface area contributed by atoms with Gasteiger partial charge in [0.2, 0.25) is 0 Å². The van der Waals surface area contributed by atoms with Crippen LogP contribution >= 0.6 is 0 Å².